The SMILES string of the molecule is CC(C)(C)CC(=O)NCC1CNC(=O)c2ccccc21. The van der Waals surface area contributed by atoms with E-state index in [1.807, 2.05) is 45.0 Å². The monoisotopic (exact) mass is 274 g/mol. The van der Waals surface area contributed by atoms with E-state index in [9.17, 15) is 9.59 Å². The number of amides is 2. The highest BCUT2D eigenvalue weighted by atomic mass is 16.2. The Hall–Kier alpha value is -1.84. The highest BCUT2D eigenvalue weighted by molar-refractivity contribution is 5.97. The van der Waals surface area contributed by atoms with Crippen molar-refractivity contribution in [3.05, 3.63) is 35.4 Å². The Morgan fingerprint density at radius 1 is 1.35 bits per heavy atom. The molecule has 20 heavy (non-hydrogen) atoms. The lowest BCUT2D eigenvalue weighted by molar-refractivity contribution is -0.122. The summed E-state index contributed by atoms with van der Waals surface area (Å²) in [6.07, 6.45) is 0.508. The summed E-state index contributed by atoms with van der Waals surface area (Å²) in [5.41, 5.74) is 1.73. The van der Waals surface area contributed by atoms with Gasteiger partial charge >= 0.3 is 0 Å². The Balaban J connectivity index is 2.00. The first-order chi connectivity index (χ1) is 9.37. The average Bonchev–Trinajstić information content (AvgIpc) is 2.36. The van der Waals surface area contributed by atoms with E-state index in [1.165, 1.54) is 0 Å². The minimum Gasteiger partial charge on any atom is -0.355 e. The molecule has 4 heteroatoms. The Morgan fingerprint density at radius 2 is 2.05 bits per heavy atom. The number of fused-ring (bicyclic) bond motifs is 1. The van der Waals surface area contributed by atoms with Crippen LogP contribution in [-0.4, -0.2) is 24.9 Å². The Labute approximate surface area is 119 Å². The first kappa shape index (κ1) is 14.6. The molecule has 1 aromatic carbocycles. The standard InChI is InChI=1S/C16H22N2O2/c1-16(2,3)8-14(19)17-9-11-10-18-15(20)13-7-5-4-6-12(11)13/h4-7,11H,8-10H2,1-3H3,(H,17,19)(H,18,20). The largest absolute Gasteiger partial charge is 0.355 e. The summed E-state index contributed by atoms with van der Waals surface area (Å²) in [5.74, 6) is 0.178. The van der Waals surface area contributed by atoms with Crippen LogP contribution in [0.2, 0.25) is 0 Å². The van der Waals surface area contributed by atoms with Crippen molar-refractivity contribution in [1.29, 1.82) is 0 Å². The summed E-state index contributed by atoms with van der Waals surface area (Å²) in [4.78, 5) is 23.6. The summed E-state index contributed by atoms with van der Waals surface area (Å²) in [6, 6.07) is 7.59. The predicted molar refractivity (Wildman–Crippen MR) is 78.6 cm³/mol. The van der Waals surface area contributed by atoms with Gasteiger partial charge in [-0.05, 0) is 17.0 Å². The van der Waals surface area contributed by atoms with Crippen molar-refractivity contribution >= 4 is 11.8 Å². The fraction of sp³-hybridized carbons (Fsp3) is 0.500. The van der Waals surface area contributed by atoms with E-state index in [0.717, 1.165) is 5.56 Å². The van der Waals surface area contributed by atoms with Gasteiger partial charge in [-0.25, -0.2) is 0 Å². The molecule has 0 radical (unpaired) electrons. The Bertz CT molecular complexity index is 517. The third kappa shape index (κ3) is 3.59. The molecule has 0 bridgehead atoms. The summed E-state index contributed by atoms with van der Waals surface area (Å²) < 4.78 is 0. The molecule has 2 rings (SSSR count). The van der Waals surface area contributed by atoms with Gasteiger partial charge in [0.25, 0.3) is 5.91 Å². The number of rotatable bonds is 3. The minimum atomic E-state index is -0.0298. The average molecular weight is 274 g/mol. The molecule has 108 valence electrons. The molecule has 0 saturated heterocycles. The van der Waals surface area contributed by atoms with Gasteiger partial charge in [-0.3, -0.25) is 9.59 Å². The summed E-state index contributed by atoms with van der Waals surface area (Å²) in [5, 5.41) is 5.84. The van der Waals surface area contributed by atoms with E-state index in [4.69, 9.17) is 0 Å². The maximum atomic E-state index is 11.9. The van der Waals surface area contributed by atoms with Crippen molar-refractivity contribution in [1.82, 2.24) is 10.6 Å². The maximum Gasteiger partial charge on any atom is 0.251 e. The van der Waals surface area contributed by atoms with Gasteiger partial charge in [0, 0.05) is 31.0 Å². The predicted octanol–water partition coefficient (Wildman–Crippen LogP) is 2.07. The van der Waals surface area contributed by atoms with Crippen molar-refractivity contribution < 1.29 is 9.59 Å². The Morgan fingerprint density at radius 3 is 2.75 bits per heavy atom. The van der Waals surface area contributed by atoms with Crippen LogP contribution < -0.4 is 10.6 Å². The second-order valence-electron chi connectivity index (χ2n) is 6.54. The lowest BCUT2D eigenvalue weighted by Crippen LogP contribution is -2.40. The highest BCUT2D eigenvalue weighted by Crippen LogP contribution is 2.23. The van der Waals surface area contributed by atoms with Gasteiger partial charge < -0.3 is 10.6 Å². The molecule has 0 spiro atoms. The fourth-order valence-electron chi connectivity index (χ4n) is 2.44. The van der Waals surface area contributed by atoms with Crippen LogP contribution in [-0.2, 0) is 4.79 Å². The van der Waals surface area contributed by atoms with Crippen molar-refractivity contribution in [2.75, 3.05) is 13.1 Å². The quantitative estimate of drug-likeness (QED) is 0.886. The van der Waals surface area contributed by atoms with Crippen LogP contribution in [0.4, 0.5) is 0 Å². The van der Waals surface area contributed by atoms with Gasteiger partial charge in [0.1, 0.15) is 0 Å². The van der Waals surface area contributed by atoms with Gasteiger partial charge in [0.2, 0.25) is 5.91 Å². The molecular weight excluding hydrogens is 252 g/mol. The van der Waals surface area contributed by atoms with Gasteiger partial charge in [-0.2, -0.15) is 0 Å². The van der Waals surface area contributed by atoms with Crippen LogP contribution >= 0.6 is 0 Å². The zero-order valence-electron chi connectivity index (χ0n) is 12.3. The van der Waals surface area contributed by atoms with Gasteiger partial charge in [-0.15, -0.1) is 0 Å². The number of benzene rings is 1. The summed E-state index contributed by atoms with van der Waals surface area (Å²) in [7, 11) is 0. The molecular formula is C16H22N2O2. The van der Waals surface area contributed by atoms with Crippen LogP contribution in [0.15, 0.2) is 24.3 Å². The van der Waals surface area contributed by atoms with Crippen molar-refractivity contribution in [3.63, 3.8) is 0 Å². The fourth-order valence-corrected chi connectivity index (χ4v) is 2.44. The van der Waals surface area contributed by atoms with Crippen molar-refractivity contribution in [2.24, 2.45) is 5.41 Å². The molecule has 1 aliphatic heterocycles. The lowest BCUT2D eigenvalue weighted by Gasteiger charge is -2.26. The number of hydrogen-bond acceptors (Lipinski definition) is 2. The molecule has 1 aliphatic rings. The topological polar surface area (TPSA) is 58.2 Å². The van der Waals surface area contributed by atoms with Crippen LogP contribution in [0.25, 0.3) is 0 Å². The zero-order valence-corrected chi connectivity index (χ0v) is 12.3. The van der Waals surface area contributed by atoms with Crippen LogP contribution in [0.3, 0.4) is 0 Å². The molecule has 0 saturated carbocycles. The summed E-state index contributed by atoms with van der Waals surface area (Å²) in [6.45, 7) is 7.27. The zero-order chi connectivity index (χ0) is 14.8. The van der Waals surface area contributed by atoms with Crippen molar-refractivity contribution in [3.8, 4) is 0 Å². The van der Waals surface area contributed by atoms with Gasteiger partial charge in [0.05, 0.1) is 0 Å². The normalized spacial score (nSPS) is 18.1. The lowest BCUT2D eigenvalue weighted by atomic mass is 9.89. The van der Waals surface area contributed by atoms with Crippen LogP contribution in [0.5, 0.6) is 0 Å². The molecule has 1 aromatic rings. The second-order valence-corrected chi connectivity index (χ2v) is 6.54. The first-order valence-electron chi connectivity index (χ1n) is 7.00. The number of nitrogens with one attached hydrogen (secondary N) is 2. The van der Waals surface area contributed by atoms with Crippen molar-refractivity contribution in [2.45, 2.75) is 33.1 Å². The molecule has 4 nitrogen and oxygen atoms in total. The molecule has 0 aliphatic carbocycles. The molecule has 1 atom stereocenters. The van der Waals surface area contributed by atoms with E-state index in [2.05, 4.69) is 10.6 Å². The molecule has 1 heterocycles. The maximum absolute atomic E-state index is 11.9. The first-order valence-corrected chi connectivity index (χ1v) is 7.00. The highest BCUT2D eigenvalue weighted by Gasteiger charge is 2.25. The van der Waals surface area contributed by atoms with E-state index >= 15 is 0 Å². The Kier molecular flexibility index (Phi) is 4.12. The third-order valence-electron chi connectivity index (χ3n) is 3.39. The van der Waals surface area contributed by atoms with E-state index in [-0.39, 0.29) is 23.1 Å². The number of carbonyl (C=O) groups is 2. The molecule has 0 fully saturated rings. The number of carbonyl (C=O) groups excluding carboxylic acids is 2. The summed E-state index contributed by atoms with van der Waals surface area (Å²) >= 11 is 0. The van der Waals surface area contributed by atoms with Gasteiger partial charge in [-0.1, -0.05) is 39.0 Å². The van der Waals surface area contributed by atoms with E-state index < -0.39 is 0 Å². The van der Waals surface area contributed by atoms with E-state index in [0.29, 0.717) is 25.1 Å². The van der Waals surface area contributed by atoms with E-state index in [1.54, 1.807) is 0 Å². The van der Waals surface area contributed by atoms with Gasteiger partial charge in [0.15, 0.2) is 0 Å². The van der Waals surface area contributed by atoms with Crippen LogP contribution in [0.1, 0.15) is 49.0 Å². The second kappa shape index (κ2) is 5.65. The molecule has 2 amide bonds. The number of hydrogen-bond donors (Lipinski definition) is 2. The minimum absolute atomic E-state index is 0.0111. The third-order valence-corrected chi connectivity index (χ3v) is 3.39. The molecule has 0 aromatic heterocycles. The smallest absolute Gasteiger partial charge is 0.251 e. The molecule has 1 unspecified atom stereocenters. The van der Waals surface area contributed by atoms with Crippen LogP contribution in [0, 0.1) is 5.41 Å². The molecule has 2 N–H and O–H groups in total.